The number of aromatic nitrogens is 1. The standard InChI is InChI=1S/C22H16Cl2N8O/c23-15-2-1-3-16(24)14(15)9-33-12-6-4-11(5-7-12)19-17-18(27)13(8-25)20(28)31-21(17)32-22(30-19)29-10-26/h1-7,19H,9H2,(H6,27,28,29,30,31,32). The Morgan fingerprint density at radius 1 is 1.09 bits per heavy atom. The highest BCUT2D eigenvalue weighted by Gasteiger charge is 2.29. The molecule has 0 fully saturated rings. The second-order valence-corrected chi connectivity index (χ2v) is 7.77. The van der Waals surface area contributed by atoms with E-state index in [1.165, 1.54) is 0 Å². The number of benzene rings is 2. The maximum atomic E-state index is 9.43. The molecule has 1 aromatic heterocycles. The molecule has 0 bridgehead atoms. The summed E-state index contributed by atoms with van der Waals surface area (Å²) in [5.74, 6) is 1.07. The minimum atomic E-state index is -0.635. The van der Waals surface area contributed by atoms with Crippen molar-refractivity contribution in [2.24, 2.45) is 4.99 Å². The number of rotatable bonds is 4. The minimum absolute atomic E-state index is 0.0137. The van der Waals surface area contributed by atoms with Gasteiger partial charge in [-0.15, -0.1) is 0 Å². The fourth-order valence-electron chi connectivity index (χ4n) is 3.39. The molecule has 0 saturated carbocycles. The molecule has 2 heterocycles. The number of hydrogen-bond acceptors (Lipinski definition) is 9. The Labute approximate surface area is 199 Å². The molecule has 0 aliphatic carbocycles. The highest BCUT2D eigenvalue weighted by atomic mass is 35.5. The Hall–Kier alpha value is -4.18. The van der Waals surface area contributed by atoms with Crippen molar-refractivity contribution in [3.63, 3.8) is 0 Å². The van der Waals surface area contributed by atoms with Gasteiger partial charge in [-0.05, 0) is 29.8 Å². The van der Waals surface area contributed by atoms with Crippen LogP contribution in [0.5, 0.6) is 5.75 Å². The first kappa shape index (κ1) is 22.0. The van der Waals surface area contributed by atoms with Crippen molar-refractivity contribution in [1.82, 2.24) is 10.3 Å². The van der Waals surface area contributed by atoms with E-state index in [0.29, 0.717) is 32.7 Å². The molecule has 1 atom stereocenters. The molecule has 164 valence electrons. The van der Waals surface area contributed by atoms with Crippen LogP contribution in [0.4, 0.5) is 17.3 Å². The molecule has 1 unspecified atom stereocenters. The van der Waals surface area contributed by atoms with Gasteiger partial charge in [-0.25, -0.2) is 9.98 Å². The average Bonchev–Trinajstić information content (AvgIpc) is 2.79. The zero-order chi connectivity index (χ0) is 23.5. The van der Waals surface area contributed by atoms with E-state index in [-0.39, 0.29) is 29.6 Å². The lowest BCUT2D eigenvalue weighted by Gasteiger charge is -2.26. The van der Waals surface area contributed by atoms with Crippen LogP contribution in [-0.2, 0) is 6.61 Å². The molecule has 9 nitrogen and oxygen atoms in total. The van der Waals surface area contributed by atoms with Crippen molar-refractivity contribution in [2.75, 3.05) is 16.8 Å². The van der Waals surface area contributed by atoms with E-state index < -0.39 is 6.04 Å². The molecule has 0 amide bonds. The molecule has 1 aliphatic heterocycles. The summed E-state index contributed by atoms with van der Waals surface area (Å²) in [7, 11) is 0. The van der Waals surface area contributed by atoms with Crippen molar-refractivity contribution in [3.05, 3.63) is 74.8 Å². The monoisotopic (exact) mass is 478 g/mol. The smallest absolute Gasteiger partial charge is 0.211 e. The van der Waals surface area contributed by atoms with Crippen molar-refractivity contribution >= 4 is 46.5 Å². The van der Waals surface area contributed by atoms with E-state index in [1.807, 2.05) is 12.3 Å². The van der Waals surface area contributed by atoms with Gasteiger partial charge in [0.15, 0.2) is 6.19 Å². The summed E-state index contributed by atoms with van der Waals surface area (Å²) in [4.78, 5) is 8.76. The van der Waals surface area contributed by atoms with Gasteiger partial charge in [-0.3, -0.25) is 5.32 Å². The summed E-state index contributed by atoms with van der Waals surface area (Å²) < 4.78 is 5.83. The summed E-state index contributed by atoms with van der Waals surface area (Å²) in [6, 6.07) is 13.7. The van der Waals surface area contributed by atoms with Gasteiger partial charge in [0, 0.05) is 21.2 Å². The lowest BCUT2D eigenvalue weighted by molar-refractivity contribution is 0.306. The van der Waals surface area contributed by atoms with Gasteiger partial charge in [0.2, 0.25) is 5.96 Å². The van der Waals surface area contributed by atoms with Gasteiger partial charge in [-0.2, -0.15) is 10.5 Å². The number of hydrogen-bond donors (Lipinski definition) is 4. The number of nitrogen functional groups attached to an aromatic ring is 2. The molecular formula is C22H16Cl2N8O. The number of aliphatic imine (C=N–C) groups is 1. The molecule has 33 heavy (non-hydrogen) atoms. The van der Waals surface area contributed by atoms with Crippen LogP contribution in [-0.4, -0.2) is 10.9 Å². The van der Waals surface area contributed by atoms with Crippen molar-refractivity contribution < 1.29 is 4.74 Å². The fourth-order valence-corrected chi connectivity index (χ4v) is 3.90. The van der Waals surface area contributed by atoms with Crippen LogP contribution in [0, 0.1) is 22.8 Å². The lowest BCUT2D eigenvalue weighted by Crippen LogP contribution is -2.32. The van der Waals surface area contributed by atoms with Crippen LogP contribution < -0.4 is 26.8 Å². The van der Waals surface area contributed by atoms with E-state index in [4.69, 9.17) is 44.7 Å². The Bertz CT molecular complexity index is 1320. The summed E-state index contributed by atoms with van der Waals surface area (Å²) >= 11 is 12.4. The van der Waals surface area contributed by atoms with Crippen LogP contribution >= 0.6 is 23.2 Å². The molecule has 0 spiro atoms. The van der Waals surface area contributed by atoms with Crippen LogP contribution in [0.3, 0.4) is 0 Å². The van der Waals surface area contributed by atoms with Crippen LogP contribution in [0.25, 0.3) is 0 Å². The van der Waals surface area contributed by atoms with Gasteiger partial charge in [0.05, 0.1) is 5.69 Å². The molecule has 0 radical (unpaired) electrons. The number of nitrogens with one attached hydrogen (secondary N) is 2. The summed E-state index contributed by atoms with van der Waals surface area (Å²) in [6.07, 6.45) is 1.82. The predicted octanol–water partition coefficient (Wildman–Crippen LogP) is 3.95. The first-order valence-electron chi connectivity index (χ1n) is 9.57. The highest BCUT2D eigenvalue weighted by Crippen LogP contribution is 2.40. The number of halogens is 2. The van der Waals surface area contributed by atoms with E-state index in [9.17, 15) is 5.26 Å². The Morgan fingerprint density at radius 2 is 1.79 bits per heavy atom. The van der Waals surface area contributed by atoms with Crippen molar-refractivity contribution in [3.8, 4) is 18.0 Å². The molecule has 11 heteroatoms. The first-order valence-corrected chi connectivity index (χ1v) is 10.3. The van der Waals surface area contributed by atoms with Gasteiger partial charge < -0.3 is 21.5 Å². The van der Waals surface area contributed by atoms with Crippen LogP contribution in [0.15, 0.2) is 47.5 Å². The molecule has 3 aromatic rings. The van der Waals surface area contributed by atoms with Crippen molar-refractivity contribution in [2.45, 2.75) is 12.6 Å². The Kier molecular flexibility index (Phi) is 6.09. The topological polar surface area (TPSA) is 158 Å². The van der Waals surface area contributed by atoms with Gasteiger partial charge in [0.25, 0.3) is 0 Å². The second kappa shape index (κ2) is 9.13. The minimum Gasteiger partial charge on any atom is -0.489 e. The van der Waals surface area contributed by atoms with Crippen molar-refractivity contribution in [1.29, 1.82) is 10.5 Å². The summed E-state index contributed by atoms with van der Waals surface area (Å²) in [5, 5.41) is 24.8. The molecule has 4 rings (SSSR count). The third-order valence-corrected chi connectivity index (χ3v) is 5.71. The maximum Gasteiger partial charge on any atom is 0.211 e. The van der Waals surface area contributed by atoms with E-state index >= 15 is 0 Å². The number of fused-ring (bicyclic) bond motifs is 1. The van der Waals surface area contributed by atoms with Gasteiger partial charge >= 0.3 is 0 Å². The molecule has 0 saturated heterocycles. The normalized spacial score (nSPS) is 14.2. The number of guanidine groups is 1. The predicted molar refractivity (Wildman–Crippen MR) is 127 cm³/mol. The maximum absolute atomic E-state index is 9.43. The number of anilines is 3. The van der Waals surface area contributed by atoms with Crippen LogP contribution in [0.1, 0.15) is 28.3 Å². The number of nitriles is 2. The van der Waals surface area contributed by atoms with Crippen LogP contribution in [0.2, 0.25) is 10.0 Å². The lowest BCUT2D eigenvalue weighted by atomic mass is 9.95. The van der Waals surface area contributed by atoms with E-state index in [2.05, 4.69) is 20.6 Å². The third-order valence-electron chi connectivity index (χ3n) is 5.00. The number of ether oxygens (including phenoxy) is 1. The molecular weight excluding hydrogens is 463 g/mol. The van der Waals surface area contributed by atoms with E-state index in [1.54, 1.807) is 42.5 Å². The summed E-state index contributed by atoms with van der Waals surface area (Å²) in [6.45, 7) is 0.199. The highest BCUT2D eigenvalue weighted by molar-refractivity contribution is 6.35. The zero-order valence-corrected chi connectivity index (χ0v) is 18.4. The average molecular weight is 479 g/mol. The Balaban J connectivity index is 1.66. The number of pyridine rings is 1. The fraction of sp³-hybridized carbons (Fsp3) is 0.0909. The molecule has 6 N–H and O–H groups in total. The van der Waals surface area contributed by atoms with Gasteiger partial charge in [-0.1, -0.05) is 41.4 Å². The summed E-state index contributed by atoms with van der Waals surface area (Å²) in [5.41, 5.74) is 14.3. The van der Waals surface area contributed by atoms with Gasteiger partial charge in [0.1, 0.15) is 41.7 Å². The Morgan fingerprint density at radius 3 is 2.42 bits per heavy atom. The SMILES string of the molecule is N#CNC1=NC(c2ccc(OCc3c(Cl)cccc3Cl)cc2)c2c(nc(N)c(C#N)c2N)N1. The zero-order valence-electron chi connectivity index (χ0n) is 16.9. The quantitative estimate of drug-likeness (QED) is 0.324. The number of nitrogens with two attached hydrogens (primary N) is 2. The van der Waals surface area contributed by atoms with E-state index in [0.717, 1.165) is 5.56 Å². The third kappa shape index (κ3) is 4.28. The number of nitrogens with zero attached hydrogens (tertiary/aromatic N) is 4. The molecule has 2 aromatic carbocycles. The molecule has 1 aliphatic rings. The first-order chi connectivity index (χ1) is 15.9. The largest absolute Gasteiger partial charge is 0.489 e. The second-order valence-electron chi connectivity index (χ2n) is 6.96.